The van der Waals surface area contributed by atoms with Gasteiger partial charge < -0.3 is 39.4 Å². The van der Waals surface area contributed by atoms with Crippen LogP contribution in [-0.4, -0.2) is 71.7 Å². The third-order valence-electron chi connectivity index (χ3n) is 8.04. The standard InChI is InChI=1S/C31H40N2O8/c34-21-23-6-8-24(9-7-23)27-18-26(20-33-14-12-31(13-15-33)38-16-17-39-31)40-30(41-27)25-10-4-22(5-11-25)19-32-28(35)2-1-3-29(36)37/h4-11,26-27,30,34H,1-3,12-21H2,(H,32,35)(H,36,37)/t26-,27+,30+/m1/s1. The summed E-state index contributed by atoms with van der Waals surface area (Å²) in [5, 5.41) is 21.0. The van der Waals surface area contributed by atoms with Crippen LogP contribution in [0.2, 0.25) is 0 Å². The molecule has 3 N–H and O–H groups in total. The Morgan fingerprint density at radius 3 is 2.22 bits per heavy atom. The molecule has 2 aromatic rings. The number of aliphatic carboxylic acids is 1. The first-order valence-electron chi connectivity index (χ1n) is 14.5. The fourth-order valence-corrected chi connectivity index (χ4v) is 5.66. The van der Waals surface area contributed by atoms with E-state index in [1.807, 2.05) is 48.5 Å². The first kappa shape index (κ1) is 29.6. The molecule has 3 saturated heterocycles. The van der Waals surface area contributed by atoms with Crippen molar-refractivity contribution in [2.24, 2.45) is 0 Å². The van der Waals surface area contributed by atoms with Gasteiger partial charge in [-0.2, -0.15) is 0 Å². The fourth-order valence-electron chi connectivity index (χ4n) is 5.66. The quantitative estimate of drug-likeness (QED) is 0.374. The normalized spacial score (nSPS) is 24.4. The molecular formula is C31H40N2O8. The minimum atomic E-state index is -0.898. The first-order valence-corrected chi connectivity index (χ1v) is 14.5. The van der Waals surface area contributed by atoms with Gasteiger partial charge in [0.15, 0.2) is 12.1 Å². The largest absolute Gasteiger partial charge is 0.481 e. The summed E-state index contributed by atoms with van der Waals surface area (Å²) in [5.41, 5.74) is 3.74. The van der Waals surface area contributed by atoms with E-state index in [4.69, 9.17) is 24.1 Å². The van der Waals surface area contributed by atoms with Crippen LogP contribution in [0.15, 0.2) is 48.5 Å². The highest BCUT2D eigenvalue weighted by atomic mass is 16.7. The van der Waals surface area contributed by atoms with E-state index in [-0.39, 0.29) is 37.6 Å². The van der Waals surface area contributed by atoms with Gasteiger partial charge in [0.2, 0.25) is 5.91 Å². The molecule has 41 heavy (non-hydrogen) atoms. The number of carbonyl (C=O) groups excluding carboxylic acids is 1. The molecule has 1 spiro atoms. The Morgan fingerprint density at radius 2 is 1.56 bits per heavy atom. The number of nitrogens with one attached hydrogen (secondary N) is 1. The lowest BCUT2D eigenvalue weighted by Gasteiger charge is -2.41. The number of likely N-dealkylation sites (tertiary alicyclic amines) is 1. The third-order valence-corrected chi connectivity index (χ3v) is 8.04. The summed E-state index contributed by atoms with van der Waals surface area (Å²) in [6.45, 7) is 4.26. The summed E-state index contributed by atoms with van der Waals surface area (Å²) >= 11 is 0. The Balaban J connectivity index is 1.21. The van der Waals surface area contributed by atoms with Crippen LogP contribution in [0.5, 0.6) is 0 Å². The van der Waals surface area contributed by atoms with Crippen LogP contribution >= 0.6 is 0 Å². The maximum atomic E-state index is 12.0. The first-order chi connectivity index (χ1) is 19.9. The molecule has 3 heterocycles. The summed E-state index contributed by atoms with van der Waals surface area (Å²) in [5.74, 6) is -1.47. The van der Waals surface area contributed by atoms with E-state index in [1.54, 1.807) is 0 Å². The highest BCUT2D eigenvalue weighted by Gasteiger charge is 2.41. The monoisotopic (exact) mass is 568 g/mol. The molecule has 0 aliphatic carbocycles. The van der Waals surface area contributed by atoms with Crippen LogP contribution in [0.25, 0.3) is 0 Å². The zero-order valence-corrected chi connectivity index (χ0v) is 23.3. The molecule has 10 heteroatoms. The summed E-state index contributed by atoms with van der Waals surface area (Å²) in [6, 6.07) is 15.7. The second-order valence-electron chi connectivity index (χ2n) is 11.0. The zero-order chi connectivity index (χ0) is 28.7. The minimum absolute atomic E-state index is 0.000811. The average molecular weight is 569 g/mol. The number of carboxylic acid groups (broad SMARTS) is 1. The second kappa shape index (κ2) is 13.9. The van der Waals surface area contributed by atoms with E-state index in [0.717, 1.165) is 61.2 Å². The number of carbonyl (C=O) groups is 2. The SMILES string of the molecule is O=C(O)CCCC(=O)NCc1ccc([C@H]2O[C@@H](CN3CCC4(CC3)OCCO4)C[C@@H](c3ccc(CO)cc3)O2)cc1. The number of rotatable bonds is 11. The highest BCUT2D eigenvalue weighted by Crippen LogP contribution is 2.39. The topological polar surface area (TPSA) is 127 Å². The molecule has 0 aromatic heterocycles. The van der Waals surface area contributed by atoms with Gasteiger partial charge in [-0.1, -0.05) is 48.5 Å². The molecule has 0 saturated carbocycles. The number of hydrogen-bond acceptors (Lipinski definition) is 8. The summed E-state index contributed by atoms with van der Waals surface area (Å²) in [7, 11) is 0. The van der Waals surface area contributed by atoms with Crippen molar-refractivity contribution in [3.8, 4) is 0 Å². The smallest absolute Gasteiger partial charge is 0.303 e. The van der Waals surface area contributed by atoms with Crippen molar-refractivity contribution in [3.05, 3.63) is 70.8 Å². The van der Waals surface area contributed by atoms with Gasteiger partial charge in [0, 0.05) is 63.8 Å². The van der Waals surface area contributed by atoms with Gasteiger partial charge in [0.05, 0.1) is 32.0 Å². The molecule has 3 fully saturated rings. The van der Waals surface area contributed by atoms with Gasteiger partial charge in [0.25, 0.3) is 0 Å². The van der Waals surface area contributed by atoms with Crippen molar-refractivity contribution in [3.63, 3.8) is 0 Å². The molecule has 0 bridgehead atoms. The van der Waals surface area contributed by atoms with Crippen LogP contribution in [0.1, 0.15) is 73.2 Å². The van der Waals surface area contributed by atoms with E-state index >= 15 is 0 Å². The Kier molecular flexibility index (Phi) is 10.0. The van der Waals surface area contributed by atoms with E-state index in [1.165, 1.54) is 0 Å². The summed E-state index contributed by atoms with van der Waals surface area (Å²) < 4.78 is 24.8. The van der Waals surface area contributed by atoms with Gasteiger partial charge >= 0.3 is 5.97 Å². The Labute approximate surface area is 240 Å². The number of aliphatic hydroxyl groups excluding tert-OH is 1. The number of carboxylic acids is 1. The molecule has 5 rings (SSSR count). The summed E-state index contributed by atoms with van der Waals surface area (Å²) in [4.78, 5) is 25.1. The van der Waals surface area contributed by atoms with Gasteiger partial charge in [0.1, 0.15) is 0 Å². The van der Waals surface area contributed by atoms with Crippen LogP contribution in [0, 0.1) is 0 Å². The number of aliphatic hydroxyl groups is 1. The number of benzene rings is 2. The second-order valence-corrected chi connectivity index (χ2v) is 11.0. The molecule has 0 radical (unpaired) electrons. The maximum absolute atomic E-state index is 12.0. The number of piperidine rings is 1. The lowest BCUT2D eigenvalue weighted by atomic mass is 9.98. The van der Waals surface area contributed by atoms with Crippen molar-refractivity contribution >= 4 is 11.9 Å². The molecular weight excluding hydrogens is 528 g/mol. The Morgan fingerprint density at radius 1 is 0.902 bits per heavy atom. The minimum Gasteiger partial charge on any atom is -0.481 e. The predicted molar refractivity (Wildman–Crippen MR) is 149 cm³/mol. The van der Waals surface area contributed by atoms with Gasteiger partial charge in [-0.05, 0) is 23.1 Å². The molecule has 3 aliphatic rings. The van der Waals surface area contributed by atoms with Crippen molar-refractivity contribution in [1.82, 2.24) is 10.2 Å². The van der Waals surface area contributed by atoms with Crippen LogP contribution in [-0.2, 0) is 41.7 Å². The van der Waals surface area contributed by atoms with Crippen LogP contribution < -0.4 is 5.32 Å². The van der Waals surface area contributed by atoms with E-state index < -0.39 is 18.0 Å². The molecule has 2 aromatic carbocycles. The number of hydrogen-bond donors (Lipinski definition) is 3. The lowest BCUT2D eigenvalue weighted by Crippen LogP contribution is -2.48. The van der Waals surface area contributed by atoms with Crippen LogP contribution in [0.4, 0.5) is 0 Å². The van der Waals surface area contributed by atoms with Gasteiger partial charge in [-0.3, -0.25) is 9.59 Å². The maximum Gasteiger partial charge on any atom is 0.303 e. The fraction of sp³-hybridized carbons (Fsp3) is 0.548. The van der Waals surface area contributed by atoms with Crippen molar-refractivity contribution in [2.75, 3.05) is 32.8 Å². The van der Waals surface area contributed by atoms with E-state index in [9.17, 15) is 14.7 Å². The zero-order valence-electron chi connectivity index (χ0n) is 23.3. The number of nitrogens with zero attached hydrogens (tertiary/aromatic N) is 1. The van der Waals surface area contributed by atoms with Crippen molar-refractivity contribution in [2.45, 2.75) is 76.0 Å². The number of amides is 1. The number of ether oxygens (including phenoxy) is 4. The highest BCUT2D eigenvalue weighted by molar-refractivity contribution is 5.76. The third kappa shape index (κ3) is 8.12. The molecule has 3 atom stereocenters. The van der Waals surface area contributed by atoms with Crippen molar-refractivity contribution in [1.29, 1.82) is 0 Å². The molecule has 3 aliphatic heterocycles. The predicted octanol–water partition coefficient (Wildman–Crippen LogP) is 3.43. The molecule has 10 nitrogen and oxygen atoms in total. The average Bonchev–Trinajstić information content (AvgIpc) is 3.45. The van der Waals surface area contributed by atoms with E-state index in [0.29, 0.717) is 26.2 Å². The van der Waals surface area contributed by atoms with Crippen LogP contribution in [0.3, 0.4) is 0 Å². The van der Waals surface area contributed by atoms with E-state index in [2.05, 4.69) is 10.2 Å². The lowest BCUT2D eigenvalue weighted by molar-refractivity contribution is -0.255. The van der Waals surface area contributed by atoms with Gasteiger partial charge in [-0.25, -0.2) is 0 Å². The molecule has 222 valence electrons. The van der Waals surface area contributed by atoms with Gasteiger partial charge in [-0.15, -0.1) is 0 Å². The Bertz CT molecular complexity index is 1140. The van der Waals surface area contributed by atoms with Crippen molar-refractivity contribution < 1.29 is 38.7 Å². The Hall–Kier alpha value is -2.86. The molecule has 1 amide bonds. The molecule has 0 unspecified atom stereocenters. The summed E-state index contributed by atoms with van der Waals surface area (Å²) in [6.07, 6.45) is 2.17.